The van der Waals surface area contributed by atoms with Crippen molar-refractivity contribution in [1.29, 1.82) is 0 Å². The largest absolute Gasteiger partial charge is 0.481 e. The highest BCUT2D eigenvalue weighted by molar-refractivity contribution is 9.10. The second-order valence-corrected chi connectivity index (χ2v) is 5.95. The van der Waals surface area contributed by atoms with Crippen molar-refractivity contribution in [2.45, 2.75) is 12.3 Å². The van der Waals surface area contributed by atoms with Crippen LogP contribution in [0.15, 0.2) is 51.5 Å². The Kier molecular flexibility index (Phi) is 4.71. The third-order valence-corrected chi connectivity index (χ3v) is 3.77. The Bertz CT molecular complexity index is 567. The van der Waals surface area contributed by atoms with Gasteiger partial charge >= 0.3 is 5.97 Å². The van der Waals surface area contributed by atoms with Crippen molar-refractivity contribution in [2.75, 3.05) is 0 Å². The predicted octanol–water partition coefficient (Wildman–Crippen LogP) is 4.02. The fourth-order valence-corrected chi connectivity index (χ4v) is 2.28. The van der Waals surface area contributed by atoms with Crippen molar-refractivity contribution in [3.05, 3.63) is 62.8 Å². The van der Waals surface area contributed by atoms with Crippen LogP contribution >= 0.6 is 31.9 Å². The summed E-state index contributed by atoms with van der Waals surface area (Å²) in [7, 11) is 0. The van der Waals surface area contributed by atoms with E-state index in [0.29, 0.717) is 6.42 Å². The van der Waals surface area contributed by atoms with E-state index in [-0.39, 0.29) is 0 Å². The van der Waals surface area contributed by atoms with E-state index >= 15 is 0 Å². The minimum atomic E-state index is -0.841. The molecular weight excluding hydrogens is 374 g/mol. The summed E-state index contributed by atoms with van der Waals surface area (Å²) in [5.41, 5.74) is 1.54. The molecule has 0 saturated carbocycles. The number of carbonyl (C=O) groups is 1. The second kappa shape index (κ2) is 6.30. The van der Waals surface area contributed by atoms with E-state index in [1.165, 1.54) is 0 Å². The molecule has 5 heteroatoms. The van der Waals surface area contributed by atoms with Gasteiger partial charge in [-0.25, -0.2) is 0 Å². The molecule has 3 nitrogen and oxygen atoms in total. The first-order chi connectivity index (χ1) is 9.06. The van der Waals surface area contributed by atoms with Crippen LogP contribution in [0.3, 0.4) is 0 Å². The van der Waals surface area contributed by atoms with Crippen LogP contribution < -0.4 is 0 Å². The first kappa shape index (κ1) is 14.2. The molecule has 0 amide bonds. The fraction of sp³-hybridized carbons (Fsp3) is 0.143. The average molecular weight is 385 g/mol. The van der Waals surface area contributed by atoms with Crippen molar-refractivity contribution in [2.24, 2.45) is 0 Å². The van der Waals surface area contributed by atoms with Gasteiger partial charge in [0.25, 0.3) is 0 Å². The lowest BCUT2D eigenvalue weighted by Crippen LogP contribution is -2.15. The Labute approximate surface area is 127 Å². The molecule has 19 heavy (non-hydrogen) atoms. The van der Waals surface area contributed by atoms with E-state index in [0.717, 1.165) is 20.2 Å². The molecule has 1 aromatic carbocycles. The topological polar surface area (TPSA) is 50.2 Å². The molecule has 0 aliphatic rings. The van der Waals surface area contributed by atoms with Crippen molar-refractivity contribution in [3.8, 4) is 0 Å². The molecule has 0 aliphatic carbocycles. The number of halogens is 2. The van der Waals surface area contributed by atoms with Crippen LogP contribution in [-0.4, -0.2) is 16.1 Å². The number of carboxylic acid groups (broad SMARTS) is 1. The van der Waals surface area contributed by atoms with Gasteiger partial charge in [0.2, 0.25) is 0 Å². The van der Waals surface area contributed by atoms with Gasteiger partial charge < -0.3 is 5.11 Å². The smallest absolute Gasteiger partial charge is 0.311 e. The van der Waals surface area contributed by atoms with Crippen molar-refractivity contribution < 1.29 is 9.90 Å². The highest BCUT2D eigenvalue weighted by atomic mass is 79.9. The van der Waals surface area contributed by atoms with Gasteiger partial charge in [0.1, 0.15) is 0 Å². The zero-order valence-electron chi connectivity index (χ0n) is 9.88. The van der Waals surface area contributed by atoms with Crippen LogP contribution in [-0.2, 0) is 11.2 Å². The van der Waals surface area contributed by atoms with E-state index in [9.17, 15) is 9.90 Å². The van der Waals surface area contributed by atoms with Gasteiger partial charge in [-0.1, -0.05) is 28.1 Å². The maximum atomic E-state index is 11.4. The molecule has 0 spiro atoms. The molecule has 0 radical (unpaired) electrons. The molecule has 0 aliphatic heterocycles. The Balaban J connectivity index is 2.23. The summed E-state index contributed by atoms with van der Waals surface area (Å²) in [5, 5.41) is 9.36. The quantitative estimate of drug-likeness (QED) is 0.866. The predicted molar refractivity (Wildman–Crippen MR) is 80.2 cm³/mol. The Morgan fingerprint density at radius 2 is 1.74 bits per heavy atom. The monoisotopic (exact) mass is 383 g/mol. The molecule has 1 aromatic heterocycles. The molecule has 2 aromatic rings. The third-order valence-electron chi connectivity index (χ3n) is 2.77. The fourth-order valence-electron chi connectivity index (χ4n) is 1.78. The lowest BCUT2D eigenvalue weighted by atomic mass is 9.94. The highest BCUT2D eigenvalue weighted by Gasteiger charge is 2.20. The maximum Gasteiger partial charge on any atom is 0.311 e. The van der Waals surface area contributed by atoms with Gasteiger partial charge in [-0.2, -0.15) is 0 Å². The SMILES string of the molecule is O=C(O)C(Cc1ccc(Br)cn1)c1ccc(Br)cc1. The molecule has 98 valence electrons. The summed E-state index contributed by atoms with van der Waals surface area (Å²) in [5.74, 6) is -1.42. The van der Waals surface area contributed by atoms with Crippen LogP contribution in [0.4, 0.5) is 0 Å². The second-order valence-electron chi connectivity index (χ2n) is 4.11. The molecular formula is C14H11Br2NO2. The molecule has 0 fully saturated rings. The van der Waals surface area contributed by atoms with Crippen LogP contribution in [0, 0.1) is 0 Å². The Hall–Kier alpha value is -1.20. The Morgan fingerprint density at radius 3 is 2.26 bits per heavy atom. The summed E-state index contributed by atoms with van der Waals surface area (Å²) in [6.07, 6.45) is 2.06. The first-order valence-electron chi connectivity index (χ1n) is 5.65. The molecule has 1 heterocycles. The lowest BCUT2D eigenvalue weighted by molar-refractivity contribution is -0.138. The van der Waals surface area contributed by atoms with E-state index in [2.05, 4.69) is 36.8 Å². The number of aliphatic carboxylic acids is 1. The normalized spacial score (nSPS) is 12.1. The third kappa shape index (κ3) is 3.88. The zero-order chi connectivity index (χ0) is 13.8. The average Bonchev–Trinajstić information content (AvgIpc) is 2.39. The number of pyridine rings is 1. The summed E-state index contributed by atoms with van der Waals surface area (Å²) < 4.78 is 1.81. The van der Waals surface area contributed by atoms with Gasteiger partial charge in [-0.15, -0.1) is 0 Å². The van der Waals surface area contributed by atoms with E-state index in [1.807, 2.05) is 36.4 Å². The van der Waals surface area contributed by atoms with Crippen molar-refractivity contribution >= 4 is 37.8 Å². The van der Waals surface area contributed by atoms with E-state index < -0.39 is 11.9 Å². The van der Waals surface area contributed by atoms with Crippen LogP contribution in [0.1, 0.15) is 17.2 Å². The van der Waals surface area contributed by atoms with Crippen molar-refractivity contribution in [3.63, 3.8) is 0 Å². The number of hydrogen-bond donors (Lipinski definition) is 1. The van der Waals surface area contributed by atoms with E-state index in [4.69, 9.17) is 0 Å². The highest BCUT2D eigenvalue weighted by Crippen LogP contribution is 2.23. The van der Waals surface area contributed by atoms with Gasteiger partial charge in [0, 0.05) is 27.3 Å². The number of hydrogen-bond acceptors (Lipinski definition) is 2. The van der Waals surface area contributed by atoms with Crippen LogP contribution in [0.25, 0.3) is 0 Å². The maximum absolute atomic E-state index is 11.4. The summed E-state index contributed by atoms with van der Waals surface area (Å²) in [6, 6.07) is 11.0. The summed E-state index contributed by atoms with van der Waals surface area (Å²) >= 11 is 6.65. The van der Waals surface area contributed by atoms with Gasteiger partial charge in [0.15, 0.2) is 0 Å². The number of benzene rings is 1. The van der Waals surface area contributed by atoms with Crippen LogP contribution in [0.5, 0.6) is 0 Å². The number of nitrogens with zero attached hydrogens (tertiary/aromatic N) is 1. The number of rotatable bonds is 4. The number of carboxylic acids is 1. The van der Waals surface area contributed by atoms with Gasteiger partial charge in [0.05, 0.1) is 5.92 Å². The molecule has 1 unspecified atom stereocenters. The number of aromatic nitrogens is 1. The molecule has 1 atom stereocenters. The van der Waals surface area contributed by atoms with Gasteiger partial charge in [-0.3, -0.25) is 9.78 Å². The summed E-state index contributed by atoms with van der Waals surface area (Å²) in [6.45, 7) is 0. The lowest BCUT2D eigenvalue weighted by Gasteiger charge is -2.12. The molecule has 0 saturated heterocycles. The first-order valence-corrected chi connectivity index (χ1v) is 7.23. The molecule has 2 rings (SSSR count). The van der Waals surface area contributed by atoms with E-state index in [1.54, 1.807) is 6.20 Å². The van der Waals surface area contributed by atoms with Crippen LogP contribution in [0.2, 0.25) is 0 Å². The Morgan fingerprint density at radius 1 is 1.11 bits per heavy atom. The molecule has 0 bridgehead atoms. The summed E-state index contributed by atoms with van der Waals surface area (Å²) in [4.78, 5) is 15.6. The molecule has 1 N–H and O–H groups in total. The van der Waals surface area contributed by atoms with Gasteiger partial charge in [-0.05, 0) is 45.8 Å². The standard InChI is InChI=1S/C14H11Br2NO2/c15-10-3-1-9(2-4-10)13(14(18)19)7-12-6-5-11(16)8-17-12/h1-6,8,13H,7H2,(H,18,19). The minimum absolute atomic E-state index is 0.379. The zero-order valence-corrected chi connectivity index (χ0v) is 13.1. The van der Waals surface area contributed by atoms with Crippen molar-refractivity contribution in [1.82, 2.24) is 4.98 Å². The minimum Gasteiger partial charge on any atom is -0.481 e.